The molecule has 0 N–H and O–H groups in total. The Morgan fingerprint density at radius 1 is 0.774 bits per heavy atom. The highest BCUT2D eigenvalue weighted by atomic mass is 15.3. The first-order valence-corrected chi connectivity index (χ1v) is 10.9. The van der Waals surface area contributed by atoms with Crippen LogP contribution in [0.4, 0.5) is 11.6 Å². The van der Waals surface area contributed by atoms with E-state index in [1.54, 1.807) is 0 Å². The Morgan fingerprint density at radius 3 is 2.55 bits per heavy atom. The van der Waals surface area contributed by atoms with E-state index < -0.39 is 0 Å². The molecule has 0 aliphatic carbocycles. The second-order valence-corrected chi connectivity index (χ2v) is 8.45. The molecule has 0 radical (unpaired) electrons. The Bertz CT molecular complexity index is 1200. The van der Waals surface area contributed by atoms with Crippen LogP contribution < -0.4 is 9.80 Å². The van der Waals surface area contributed by atoms with Crippen molar-refractivity contribution >= 4 is 22.5 Å². The van der Waals surface area contributed by atoms with Crippen LogP contribution in [0, 0.1) is 0 Å². The lowest BCUT2D eigenvalue weighted by atomic mass is 9.95. The van der Waals surface area contributed by atoms with Gasteiger partial charge in [0.1, 0.15) is 5.82 Å². The van der Waals surface area contributed by atoms with Gasteiger partial charge in [0.05, 0.1) is 11.2 Å². The molecule has 2 fully saturated rings. The molecular weight excluding hydrogens is 384 g/mol. The van der Waals surface area contributed by atoms with Gasteiger partial charge in [0.15, 0.2) is 5.82 Å². The topological polar surface area (TPSA) is 58.0 Å². The smallest absolute Gasteiger partial charge is 0.150 e. The molecule has 6 rings (SSSR count). The molecule has 3 aromatic heterocycles. The van der Waals surface area contributed by atoms with Crippen molar-refractivity contribution in [1.82, 2.24) is 19.9 Å². The summed E-state index contributed by atoms with van der Waals surface area (Å²) in [6.45, 7) is 3.84. The fourth-order valence-electron chi connectivity index (χ4n) is 4.79. The van der Waals surface area contributed by atoms with E-state index in [-0.39, 0.29) is 0 Å². The normalized spacial score (nSPS) is 19.0. The largest absolute Gasteiger partial charge is 0.355 e. The van der Waals surface area contributed by atoms with Crippen LogP contribution in [-0.2, 0) is 0 Å². The molecule has 0 spiro atoms. The van der Waals surface area contributed by atoms with Crippen LogP contribution in [0.2, 0.25) is 0 Å². The van der Waals surface area contributed by atoms with Crippen LogP contribution in [-0.4, -0.2) is 46.1 Å². The molecule has 0 saturated carbocycles. The third-order valence-corrected chi connectivity index (χ3v) is 6.53. The zero-order chi connectivity index (χ0) is 20.6. The van der Waals surface area contributed by atoms with E-state index in [9.17, 15) is 0 Å². The molecule has 2 aliphatic rings. The highest BCUT2D eigenvalue weighted by Crippen LogP contribution is 2.37. The number of aromatic nitrogens is 4. The molecule has 2 aliphatic heterocycles. The standard InChI is InChI=1S/C25H24N6/c1-2-6-22-18(4-1)7-8-23(29-22)31-16-21(17-31)24-25(28-12-11-27-24)30-13-9-20(15-30)19-5-3-10-26-14-19/h1-8,10-12,14,20-21H,9,13,15-17H2/t20-/m0/s1. The summed E-state index contributed by atoms with van der Waals surface area (Å²) in [6, 6.07) is 16.7. The summed E-state index contributed by atoms with van der Waals surface area (Å²) >= 11 is 0. The second kappa shape index (κ2) is 7.61. The Hall–Kier alpha value is -3.54. The minimum Gasteiger partial charge on any atom is -0.355 e. The number of benzene rings is 1. The van der Waals surface area contributed by atoms with Crippen molar-refractivity contribution in [3.8, 4) is 0 Å². The predicted molar refractivity (Wildman–Crippen MR) is 123 cm³/mol. The Labute approximate surface area is 181 Å². The average Bonchev–Trinajstić information content (AvgIpc) is 3.29. The summed E-state index contributed by atoms with van der Waals surface area (Å²) in [5.41, 5.74) is 3.47. The fraction of sp³-hybridized carbons (Fsp3) is 0.280. The van der Waals surface area contributed by atoms with Crippen LogP contribution in [0.1, 0.15) is 29.5 Å². The number of hydrogen-bond donors (Lipinski definition) is 0. The number of fused-ring (bicyclic) bond motifs is 1. The second-order valence-electron chi connectivity index (χ2n) is 8.45. The molecule has 154 valence electrons. The van der Waals surface area contributed by atoms with E-state index in [0.717, 1.165) is 55.4 Å². The number of nitrogens with zero attached hydrogens (tertiary/aromatic N) is 6. The van der Waals surface area contributed by atoms with Crippen LogP contribution in [0.25, 0.3) is 10.9 Å². The zero-order valence-electron chi connectivity index (χ0n) is 17.3. The first-order chi connectivity index (χ1) is 15.3. The number of rotatable bonds is 4. The predicted octanol–water partition coefficient (Wildman–Crippen LogP) is 4.02. The van der Waals surface area contributed by atoms with E-state index in [1.807, 2.05) is 36.9 Å². The van der Waals surface area contributed by atoms with Crippen LogP contribution in [0.3, 0.4) is 0 Å². The molecule has 5 heterocycles. The van der Waals surface area contributed by atoms with Gasteiger partial charge in [-0.15, -0.1) is 0 Å². The van der Waals surface area contributed by atoms with Gasteiger partial charge in [-0.2, -0.15) is 0 Å². The van der Waals surface area contributed by atoms with E-state index in [1.165, 1.54) is 10.9 Å². The minimum absolute atomic E-state index is 0.384. The van der Waals surface area contributed by atoms with Crippen molar-refractivity contribution in [1.29, 1.82) is 0 Å². The number of pyridine rings is 2. The van der Waals surface area contributed by atoms with Gasteiger partial charge in [0, 0.05) is 68.2 Å². The summed E-state index contributed by atoms with van der Waals surface area (Å²) < 4.78 is 0. The fourth-order valence-corrected chi connectivity index (χ4v) is 4.79. The van der Waals surface area contributed by atoms with Crippen molar-refractivity contribution < 1.29 is 0 Å². The lowest BCUT2D eigenvalue weighted by Crippen LogP contribution is -2.46. The highest BCUT2D eigenvalue weighted by molar-refractivity contribution is 5.80. The average molecular weight is 409 g/mol. The van der Waals surface area contributed by atoms with E-state index >= 15 is 0 Å². The Kier molecular flexibility index (Phi) is 4.48. The molecular formula is C25H24N6. The van der Waals surface area contributed by atoms with Crippen molar-refractivity contribution in [2.24, 2.45) is 0 Å². The maximum atomic E-state index is 4.84. The summed E-state index contributed by atoms with van der Waals surface area (Å²) in [7, 11) is 0. The monoisotopic (exact) mass is 408 g/mol. The SMILES string of the molecule is c1cncc([C@H]2CCN(c3nccnc3C3CN(c4ccc5ccccc5n4)C3)C2)c1. The quantitative estimate of drug-likeness (QED) is 0.508. The van der Waals surface area contributed by atoms with Gasteiger partial charge in [-0.05, 0) is 36.2 Å². The van der Waals surface area contributed by atoms with Crippen molar-refractivity contribution in [3.63, 3.8) is 0 Å². The van der Waals surface area contributed by atoms with Crippen LogP contribution in [0.15, 0.2) is 73.3 Å². The van der Waals surface area contributed by atoms with E-state index in [2.05, 4.69) is 51.2 Å². The summed E-state index contributed by atoms with van der Waals surface area (Å²) in [5.74, 6) is 2.97. The van der Waals surface area contributed by atoms with Crippen LogP contribution in [0.5, 0.6) is 0 Å². The zero-order valence-corrected chi connectivity index (χ0v) is 17.3. The highest BCUT2D eigenvalue weighted by Gasteiger charge is 2.35. The molecule has 1 aromatic carbocycles. The minimum atomic E-state index is 0.384. The third-order valence-electron chi connectivity index (χ3n) is 6.53. The molecule has 1 atom stereocenters. The number of para-hydroxylation sites is 1. The van der Waals surface area contributed by atoms with Crippen molar-refractivity contribution in [3.05, 3.63) is 84.6 Å². The van der Waals surface area contributed by atoms with Gasteiger partial charge in [-0.25, -0.2) is 9.97 Å². The molecule has 31 heavy (non-hydrogen) atoms. The molecule has 0 unspecified atom stereocenters. The van der Waals surface area contributed by atoms with E-state index in [4.69, 9.17) is 15.0 Å². The maximum Gasteiger partial charge on any atom is 0.150 e. The van der Waals surface area contributed by atoms with Gasteiger partial charge in [0.25, 0.3) is 0 Å². The summed E-state index contributed by atoms with van der Waals surface area (Å²) in [6.07, 6.45) is 8.59. The van der Waals surface area contributed by atoms with Crippen molar-refractivity contribution in [2.45, 2.75) is 18.3 Å². The number of anilines is 2. The van der Waals surface area contributed by atoms with Gasteiger partial charge in [-0.1, -0.05) is 24.3 Å². The van der Waals surface area contributed by atoms with Gasteiger partial charge >= 0.3 is 0 Å². The summed E-state index contributed by atoms with van der Waals surface area (Å²) in [5, 5.41) is 1.18. The number of hydrogen-bond acceptors (Lipinski definition) is 6. The van der Waals surface area contributed by atoms with Crippen LogP contribution >= 0.6 is 0 Å². The van der Waals surface area contributed by atoms with Gasteiger partial charge < -0.3 is 9.80 Å². The first-order valence-electron chi connectivity index (χ1n) is 10.9. The maximum absolute atomic E-state index is 4.84. The summed E-state index contributed by atoms with van der Waals surface area (Å²) in [4.78, 5) is 23.4. The van der Waals surface area contributed by atoms with E-state index in [0.29, 0.717) is 11.8 Å². The molecule has 6 heteroatoms. The molecule has 0 bridgehead atoms. The molecule has 0 amide bonds. The Balaban J connectivity index is 1.18. The van der Waals surface area contributed by atoms with Gasteiger partial charge in [0.2, 0.25) is 0 Å². The Morgan fingerprint density at radius 2 is 1.65 bits per heavy atom. The lowest BCUT2D eigenvalue weighted by molar-refractivity contribution is 0.507. The van der Waals surface area contributed by atoms with Crippen molar-refractivity contribution in [2.75, 3.05) is 36.0 Å². The molecule has 4 aromatic rings. The lowest BCUT2D eigenvalue weighted by Gasteiger charge is -2.40. The molecule has 2 saturated heterocycles. The first kappa shape index (κ1) is 18.2. The van der Waals surface area contributed by atoms with Gasteiger partial charge in [-0.3, -0.25) is 9.97 Å². The third kappa shape index (κ3) is 3.38. The molecule has 6 nitrogen and oxygen atoms in total.